The van der Waals surface area contributed by atoms with Crippen molar-refractivity contribution in [2.75, 3.05) is 0 Å². The van der Waals surface area contributed by atoms with Crippen LogP contribution in [0.25, 0.3) is 0 Å². The van der Waals surface area contributed by atoms with Gasteiger partial charge in [-0.3, -0.25) is 4.79 Å². The van der Waals surface area contributed by atoms with Gasteiger partial charge in [0.2, 0.25) is 0 Å². The lowest BCUT2D eigenvalue weighted by molar-refractivity contribution is -0.115. The number of rotatable bonds is 3. The van der Waals surface area contributed by atoms with Gasteiger partial charge in [0.25, 0.3) is 0 Å². The lowest BCUT2D eigenvalue weighted by Crippen LogP contribution is -2.30. The molecule has 0 radical (unpaired) electrons. The van der Waals surface area contributed by atoms with Crippen molar-refractivity contribution in [2.45, 2.75) is 46.6 Å². The molecule has 0 aliphatic carbocycles. The second kappa shape index (κ2) is 5.48. The number of amides is 1. The smallest absolute Gasteiger partial charge is 0.428 e. The summed E-state index contributed by atoms with van der Waals surface area (Å²) in [5.41, 5.74) is 2.22. The summed E-state index contributed by atoms with van der Waals surface area (Å²) in [6.07, 6.45) is -0.388. The van der Waals surface area contributed by atoms with Gasteiger partial charge in [0.1, 0.15) is 11.4 Å². The molecule has 0 fully saturated rings. The Bertz CT molecular complexity index is 277. The fourth-order valence-corrected chi connectivity index (χ4v) is 0.842. The van der Waals surface area contributed by atoms with Crippen LogP contribution in [0.4, 0.5) is 4.79 Å². The molecule has 0 saturated heterocycles. The summed E-state index contributed by atoms with van der Waals surface area (Å²) in [4.78, 5) is 21.8. The molecule has 1 amide bonds. The molecule has 0 aromatic carbocycles. The molecule has 0 saturated carbocycles. The van der Waals surface area contributed by atoms with Crippen LogP contribution >= 0.6 is 0 Å². The standard InChI is InChI=1S/C10H18N2O3/c1-7(6-8(2)13)11-12-9(14)15-10(3,4)5/h6H2,1-5H3,(H,12,14)/b11-7-. The maximum absolute atomic E-state index is 11.1. The number of carbonyl (C=O) groups is 2. The predicted octanol–water partition coefficient (Wildman–Crippen LogP) is 1.87. The number of hydrogen-bond donors (Lipinski definition) is 1. The molecule has 5 heteroatoms. The first-order valence-electron chi connectivity index (χ1n) is 4.72. The topological polar surface area (TPSA) is 67.8 Å². The van der Waals surface area contributed by atoms with E-state index < -0.39 is 11.7 Å². The van der Waals surface area contributed by atoms with E-state index in [1.54, 1.807) is 27.7 Å². The molecule has 1 N–H and O–H groups in total. The van der Waals surface area contributed by atoms with Crippen molar-refractivity contribution in [2.24, 2.45) is 5.10 Å². The minimum atomic E-state index is -0.620. The third kappa shape index (κ3) is 8.93. The minimum absolute atomic E-state index is 0.00207. The molecule has 0 rings (SSSR count). The van der Waals surface area contributed by atoms with Gasteiger partial charge < -0.3 is 4.74 Å². The van der Waals surface area contributed by atoms with Gasteiger partial charge in [0.05, 0.1) is 0 Å². The normalized spacial score (nSPS) is 12.2. The highest BCUT2D eigenvalue weighted by Gasteiger charge is 2.15. The summed E-state index contributed by atoms with van der Waals surface area (Å²) in [5, 5.41) is 3.72. The van der Waals surface area contributed by atoms with Gasteiger partial charge in [-0.1, -0.05) is 0 Å². The van der Waals surface area contributed by atoms with Crippen LogP contribution in [0.3, 0.4) is 0 Å². The molecule has 0 aromatic rings. The van der Waals surface area contributed by atoms with Crippen LogP contribution in [0.15, 0.2) is 5.10 Å². The van der Waals surface area contributed by atoms with Crippen molar-refractivity contribution in [3.05, 3.63) is 0 Å². The molecule has 0 aliphatic heterocycles. The van der Waals surface area contributed by atoms with Gasteiger partial charge in [0.15, 0.2) is 0 Å². The SMILES string of the molecule is CC(=O)C/C(C)=N\NC(=O)OC(C)(C)C. The van der Waals surface area contributed by atoms with Gasteiger partial charge in [-0.05, 0) is 34.6 Å². The Hall–Kier alpha value is -1.39. The van der Waals surface area contributed by atoms with Crippen molar-refractivity contribution in [1.82, 2.24) is 5.43 Å². The number of ketones is 1. The Morgan fingerprint density at radius 1 is 1.27 bits per heavy atom. The molecule has 0 bridgehead atoms. The summed E-state index contributed by atoms with van der Waals surface area (Å²) < 4.78 is 4.95. The molecular weight excluding hydrogens is 196 g/mol. The van der Waals surface area contributed by atoms with Gasteiger partial charge in [-0.25, -0.2) is 10.2 Å². The summed E-state index contributed by atoms with van der Waals surface area (Å²) >= 11 is 0. The second-order valence-electron chi connectivity index (χ2n) is 4.34. The van der Waals surface area contributed by atoms with Gasteiger partial charge >= 0.3 is 6.09 Å². The van der Waals surface area contributed by atoms with E-state index >= 15 is 0 Å². The molecule has 0 aliphatic rings. The lowest BCUT2D eigenvalue weighted by Gasteiger charge is -2.18. The quantitative estimate of drug-likeness (QED) is 0.576. The van der Waals surface area contributed by atoms with E-state index in [-0.39, 0.29) is 12.2 Å². The molecule has 0 aromatic heterocycles. The number of hydrogen-bond acceptors (Lipinski definition) is 4. The van der Waals surface area contributed by atoms with E-state index in [9.17, 15) is 9.59 Å². The van der Waals surface area contributed by atoms with Crippen LogP contribution in [0, 0.1) is 0 Å². The first kappa shape index (κ1) is 13.6. The first-order valence-corrected chi connectivity index (χ1v) is 4.72. The first-order chi connectivity index (χ1) is 6.70. The van der Waals surface area contributed by atoms with Crippen molar-refractivity contribution < 1.29 is 14.3 Å². The largest absolute Gasteiger partial charge is 0.443 e. The maximum Gasteiger partial charge on any atom is 0.428 e. The van der Waals surface area contributed by atoms with Crippen molar-refractivity contribution in [1.29, 1.82) is 0 Å². The molecule has 0 atom stereocenters. The maximum atomic E-state index is 11.1. The monoisotopic (exact) mass is 214 g/mol. The Balaban J connectivity index is 4.04. The Morgan fingerprint density at radius 3 is 2.20 bits per heavy atom. The lowest BCUT2D eigenvalue weighted by atomic mass is 10.2. The molecule has 5 nitrogen and oxygen atoms in total. The third-order valence-electron chi connectivity index (χ3n) is 1.24. The molecule has 0 heterocycles. The van der Waals surface area contributed by atoms with E-state index in [0.717, 1.165) is 0 Å². The second-order valence-corrected chi connectivity index (χ2v) is 4.34. The predicted molar refractivity (Wildman–Crippen MR) is 57.8 cm³/mol. The van der Waals surface area contributed by atoms with Gasteiger partial charge in [-0.2, -0.15) is 5.10 Å². The third-order valence-corrected chi connectivity index (χ3v) is 1.24. The van der Waals surface area contributed by atoms with Crippen LogP contribution in [0.1, 0.15) is 41.0 Å². The highest BCUT2D eigenvalue weighted by Crippen LogP contribution is 2.06. The van der Waals surface area contributed by atoms with Crippen molar-refractivity contribution >= 4 is 17.6 Å². The average Bonchev–Trinajstić information content (AvgIpc) is 1.96. The Morgan fingerprint density at radius 2 is 1.80 bits per heavy atom. The number of ether oxygens (including phenoxy) is 1. The van der Waals surface area contributed by atoms with E-state index in [4.69, 9.17) is 4.74 Å². The van der Waals surface area contributed by atoms with Crippen LogP contribution in [0.2, 0.25) is 0 Å². The van der Waals surface area contributed by atoms with Crippen LogP contribution in [-0.2, 0) is 9.53 Å². The van der Waals surface area contributed by atoms with E-state index in [1.807, 2.05) is 0 Å². The number of hydrazone groups is 1. The highest BCUT2D eigenvalue weighted by molar-refractivity contribution is 5.99. The average molecular weight is 214 g/mol. The molecule has 0 unspecified atom stereocenters. The summed E-state index contributed by atoms with van der Waals surface area (Å²) in [6.45, 7) is 8.42. The number of nitrogens with one attached hydrogen (secondary N) is 1. The summed E-state index contributed by atoms with van der Waals surface area (Å²) in [6, 6.07) is 0. The Kier molecular flexibility index (Phi) is 4.97. The van der Waals surface area contributed by atoms with Gasteiger partial charge in [0, 0.05) is 12.1 Å². The highest BCUT2D eigenvalue weighted by atomic mass is 16.6. The fourth-order valence-electron chi connectivity index (χ4n) is 0.842. The molecule has 15 heavy (non-hydrogen) atoms. The number of Topliss-reactive ketones (excluding diaryl/α,β-unsaturated/α-hetero) is 1. The zero-order chi connectivity index (χ0) is 12.1. The molecule has 86 valence electrons. The van der Waals surface area contributed by atoms with E-state index in [1.165, 1.54) is 6.92 Å². The molecule has 0 spiro atoms. The minimum Gasteiger partial charge on any atom is -0.443 e. The fraction of sp³-hybridized carbons (Fsp3) is 0.700. The van der Waals surface area contributed by atoms with E-state index in [2.05, 4.69) is 10.5 Å². The summed E-state index contributed by atoms with van der Waals surface area (Å²) in [5.74, 6) is 0.00207. The zero-order valence-corrected chi connectivity index (χ0v) is 9.88. The van der Waals surface area contributed by atoms with Crippen LogP contribution in [0.5, 0.6) is 0 Å². The Labute approximate surface area is 89.9 Å². The van der Waals surface area contributed by atoms with Crippen molar-refractivity contribution in [3.8, 4) is 0 Å². The number of carbonyl (C=O) groups excluding carboxylic acids is 2. The molecular formula is C10H18N2O3. The summed E-state index contributed by atoms with van der Waals surface area (Å²) in [7, 11) is 0. The number of nitrogens with zero attached hydrogens (tertiary/aromatic N) is 1. The van der Waals surface area contributed by atoms with E-state index in [0.29, 0.717) is 5.71 Å². The van der Waals surface area contributed by atoms with Crippen LogP contribution in [-0.4, -0.2) is 23.2 Å². The van der Waals surface area contributed by atoms with Crippen molar-refractivity contribution in [3.63, 3.8) is 0 Å². The zero-order valence-electron chi connectivity index (χ0n) is 9.88. The van der Waals surface area contributed by atoms with Crippen LogP contribution < -0.4 is 5.43 Å². The van der Waals surface area contributed by atoms with Gasteiger partial charge in [-0.15, -0.1) is 0 Å².